The Morgan fingerprint density at radius 1 is 1.24 bits per heavy atom. The third-order valence-electron chi connectivity index (χ3n) is 3.39. The number of aromatic nitrogens is 3. The second-order valence-electron chi connectivity index (χ2n) is 4.98. The molecule has 0 aliphatic heterocycles. The molecule has 21 heavy (non-hydrogen) atoms. The minimum absolute atomic E-state index is 0.0585. The van der Waals surface area contributed by atoms with Crippen LogP contribution in [0.3, 0.4) is 0 Å². The number of hydrogen-bond acceptors (Lipinski definition) is 3. The van der Waals surface area contributed by atoms with Crippen LogP contribution in [0.5, 0.6) is 0 Å². The fourth-order valence-corrected chi connectivity index (χ4v) is 2.37. The summed E-state index contributed by atoms with van der Waals surface area (Å²) < 4.78 is 1.74. The molecule has 2 heterocycles. The lowest BCUT2D eigenvalue weighted by Gasteiger charge is -2.17. The molecule has 0 unspecified atom stereocenters. The van der Waals surface area contributed by atoms with Gasteiger partial charge < -0.3 is 4.90 Å². The Bertz CT molecular complexity index is 779. The quantitative estimate of drug-likeness (QED) is 0.739. The lowest BCUT2D eigenvalue weighted by Crippen LogP contribution is -2.28. The van der Waals surface area contributed by atoms with Crippen LogP contribution >= 0.6 is 0 Å². The molecule has 5 heteroatoms. The first-order valence-electron chi connectivity index (χ1n) is 6.76. The third kappa shape index (κ3) is 2.50. The number of fused-ring (bicyclic) bond motifs is 1. The average Bonchev–Trinajstić information content (AvgIpc) is 2.83. The van der Waals surface area contributed by atoms with Crippen molar-refractivity contribution in [2.75, 3.05) is 7.05 Å². The van der Waals surface area contributed by atoms with Crippen molar-refractivity contribution >= 4 is 11.7 Å². The maximum atomic E-state index is 12.7. The largest absolute Gasteiger partial charge is 0.336 e. The normalized spacial score (nSPS) is 10.8. The zero-order chi connectivity index (χ0) is 14.8. The van der Waals surface area contributed by atoms with E-state index < -0.39 is 0 Å². The molecule has 0 saturated heterocycles. The molecule has 0 atom stereocenters. The zero-order valence-electron chi connectivity index (χ0n) is 12.0. The first kappa shape index (κ1) is 13.3. The van der Waals surface area contributed by atoms with E-state index in [1.54, 1.807) is 28.6 Å². The van der Waals surface area contributed by atoms with Gasteiger partial charge in [0.25, 0.3) is 5.91 Å². The van der Waals surface area contributed by atoms with Crippen molar-refractivity contribution in [3.63, 3.8) is 0 Å². The summed E-state index contributed by atoms with van der Waals surface area (Å²) in [4.78, 5) is 22.9. The van der Waals surface area contributed by atoms with Gasteiger partial charge >= 0.3 is 0 Å². The van der Waals surface area contributed by atoms with Crippen LogP contribution < -0.4 is 0 Å². The fourth-order valence-electron chi connectivity index (χ4n) is 2.37. The summed E-state index contributed by atoms with van der Waals surface area (Å²) in [5.74, 6) is 0.489. The van der Waals surface area contributed by atoms with Crippen molar-refractivity contribution < 1.29 is 4.79 Å². The molecule has 0 N–H and O–H groups in total. The summed E-state index contributed by atoms with van der Waals surface area (Å²) in [7, 11) is 1.80. The number of rotatable bonds is 3. The van der Waals surface area contributed by atoms with Gasteiger partial charge in [0.2, 0.25) is 5.78 Å². The zero-order valence-corrected chi connectivity index (χ0v) is 12.0. The lowest BCUT2D eigenvalue weighted by molar-refractivity contribution is 0.0777. The monoisotopic (exact) mass is 280 g/mol. The van der Waals surface area contributed by atoms with Gasteiger partial charge in [0.05, 0.1) is 5.69 Å². The first-order valence-corrected chi connectivity index (χ1v) is 6.76. The van der Waals surface area contributed by atoms with E-state index in [9.17, 15) is 4.79 Å². The van der Waals surface area contributed by atoms with Crippen LogP contribution in [0.4, 0.5) is 0 Å². The van der Waals surface area contributed by atoms with E-state index in [1.807, 2.05) is 43.5 Å². The van der Waals surface area contributed by atoms with Gasteiger partial charge in [-0.25, -0.2) is 9.97 Å². The molecule has 5 nitrogen and oxygen atoms in total. The predicted molar refractivity (Wildman–Crippen MR) is 80.0 cm³/mol. The van der Waals surface area contributed by atoms with E-state index in [0.29, 0.717) is 23.7 Å². The third-order valence-corrected chi connectivity index (χ3v) is 3.39. The maximum Gasteiger partial charge on any atom is 0.272 e. The molecule has 0 bridgehead atoms. The predicted octanol–water partition coefficient (Wildman–Crippen LogP) is 2.31. The smallest absolute Gasteiger partial charge is 0.272 e. The molecule has 0 radical (unpaired) electrons. The SMILES string of the molecule is Cc1nc2ncccn2c1C(=O)N(C)Cc1ccccc1. The second kappa shape index (κ2) is 5.36. The molecule has 0 aliphatic rings. The molecular weight excluding hydrogens is 264 g/mol. The van der Waals surface area contributed by atoms with Crippen LogP contribution in [0, 0.1) is 6.92 Å². The highest BCUT2D eigenvalue weighted by atomic mass is 16.2. The number of imidazole rings is 1. The number of aryl methyl sites for hydroxylation is 1. The Balaban J connectivity index is 1.91. The van der Waals surface area contributed by atoms with E-state index in [2.05, 4.69) is 9.97 Å². The van der Waals surface area contributed by atoms with Gasteiger partial charge in [-0.3, -0.25) is 9.20 Å². The van der Waals surface area contributed by atoms with Gasteiger partial charge in [0, 0.05) is 26.0 Å². The van der Waals surface area contributed by atoms with Crippen molar-refractivity contribution in [1.29, 1.82) is 0 Å². The van der Waals surface area contributed by atoms with Crippen molar-refractivity contribution in [3.8, 4) is 0 Å². The Kier molecular flexibility index (Phi) is 3.39. The summed E-state index contributed by atoms with van der Waals surface area (Å²) in [6.07, 6.45) is 3.48. The number of benzene rings is 1. The minimum atomic E-state index is -0.0585. The van der Waals surface area contributed by atoms with Crippen LogP contribution in [0.15, 0.2) is 48.8 Å². The molecule has 3 rings (SSSR count). The van der Waals surface area contributed by atoms with Gasteiger partial charge in [-0.2, -0.15) is 0 Å². The second-order valence-corrected chi connectivity index (χ2v) is 4.98. The lowest BCUT2D eigenvalue weighted by atomic mass is 10.2. The summed E-state index contributed by atoms with van der Waals surface area (Å²) >= 11 is 0. The van der Waals surface area contributed by atoms with E-state index in [0.717, 1.165) is 5.56 Å². The van der Waals surface area contributed by atoms with Crippen molar-refractivity contribution in [3.05, 3.63) is 65.7 Å². The minimum Gasteiger partial charge on any atom is -0.336 e. The van der Waals surface area contributed by atoms with Crippen molar-refractivity contribution in [2.24, 2.45) is 0 Å². The van der Waals surface area contributed by atoms with Gasteiger partial charge in [0.1, 0.15) is 5.69 Å². The molecule has 106 valence electrons. The van der Waals surface area contributed by atoms with Crippen molar-refractivity contribution in [1.82, 2.24) is 19.3 Å². The van der Waals surface area contributed by atoms with Crippen LogP contribution in [0.1, 0.15) is 21.7 Å². The van der Waals surface area contributed by atoms with Crippen LogP contribution in [0.25, 0.3) is 5.78 Å². The highest BCUT2D eigenvalue weighted by molar-refractivity contribution is 5.94. The van der Waals surface area contributed by atoms with E-state index >= 15 is 0 Å². The number of nitrogens with zero attached hydrogens (tertiary/aromatic N) is 4. The molecule has 1 aromatic carbocycles. The Morgan fingerprint density at radius 3 is 2.76 bits per heavy atom. The van der Waals surface area contributed by atoms with E-state index in [-0.39, 0.29) is 5.91 Å². The Labute approximate surface area is 122 Å². The number of carbonyl (C=O) groups excluding carboxylic acids is 1. The van der Waals surface area contributed by atoms with E-state index in [4.69, 9.17) is 0 Å². The molecule has 0 aliphatic carbocycles. The molecule has 0 fully saturated rings. The molecule has 0 saturated carbocycles. The molecular formula is C16H16N4O. The topological polar surface area (TPSA) is 50.5 Å². The number of amides is 1. The first-order chi connectivity index (χ1) is 10.2. The Hall–Kier alpha value is -2.69. The van der Waals surface area contributed by atoms with E-state index in [1.165, 1.54) is 0 Å². The molecule has 0 spiro atoms. The summed E-state index contributed by atoms with van der Waals surface area (Å²) in [5.41, 5.74) is 2.35. The summed E-state index contributed by atoms with van der Waals surface area (Å²) in [6.45, 7) is 2.39. The van der Waals surface area contributed by atoms with Crippen LogP contribution in [0.2, 0.25) is 0 Å². The summed E-state index contributed by atoms with van der Waals surface area (Å²) in [5, 5.41) is 0. The van der Waals surface area contributed by atoms with Gasteiger partial charge in [0.15, 0.2) is 0 Å². The van der Waals surface area contributed by atoms with Gasteiger partial charge in [-0.1, -0.05) is 30.3 Å². The van der Waals surface area contributed by atoms with Crippen LogP contribution in [-0.2, 0) is 6.54 Å². The maximum absolute atomic E-state index is 12.7. The highest BCUT2D eigenvalue weighted by Gasteiger charge is 2.20. The van der Waals surface area contributed by atoms with Crippen LogP contribution in [-0.4, -0.2) is 32.2 Å². The standard InChI is InChI=1S/C16H16N4O/c1-12-14(20-10-6-9-17-16(20)18-12)15(21)19(2)11-13-7-4-3-5-8-13/h3-10H,11H2,1-2H3. The molecule has 3 aromatic rings. The van der Waals surface area contributed by atoms with Gasteiger partial charge in [-0.15, -0.1) is 0 Å². The average molecular weight is 280 g/mol. The Morgan fingerprint density at radius 2 is 2.00 bits per heavy atom. The number of carbonyl (C=O) groups is 1. The fraction of sp³-hybridized carbons (Fsp3) is 0.188. The number of hydrogen-bond donors (Lipinski definition) is 0. The van der Waals surface area contributed by atoms with Gasteiger partial charge in [-0.05, 0) is 18.6 Å². The molecule has 2 aromatic heterocycles. The highest BCUT2D eigenvalue weighted by Crippen LogP contribution is 2.13. The molecule has 1 amide bonds. The summed E-state index contributed by atoms with van der Waals surface area (Å²) in [6, 6.07) is 11.7. The van der Waals surface area contributed by atoms with Crippen molar-refractivity contribution in [2.45, 2.75) is 13.5 Å².